The van der Waals surface area contributed by atoms with E-state index in [0.717, 1.165) is 22.4 Å². The Morgan fingerprint density at radius 1 is 1.11 bits per heavy atom. The van der Waals surface area contributed by atoms with Crippen LogP contribution in [0.1, 0.15) is 35.3 Å². The summed E-state index contributed by atoms with van der Waals surface area (Å²) in [6.07, 6.45) is 1.15. The monoisotopic (exact) mass is 380 g/mol. The van der Waals surface area contributed by atoms with E-state index in [-0.39, 0.29) is 18.7 Å². The minimum atomic E-state index is -1.13. The third-order valence-electron chi connectivity index (χ3n) is 5.07. The predicted molar refractivity (Wildman–Crippen MR) is 105 cm³/mol. The van der Waals surface area contributed by atoms with Gasteiger partial charge in [-0.1, -0.05) is 49.4 Å². The maximum atomic E-state index is 13.0. The molecule has 0 aromatic heterocycles. The first kappa shape index (κ1) is 19.6. The van der Waals surface area contributed by atoms with Gasteiger partial charge in [-0.05, 0) is 30.5 Å². The molecule has 1 N–H and O–H groups in total. The molecule has 1 fully saturated rings. The van der Waals surface area contributed by atoms with Crippen molar-refractivity contribution in [3.8, 4) is 5.75 Å². The van der Waals surface area contributed by atoms with Gasteiger partial charge < -0.3 is 10.1 Å². The molecule has 1 aliphatic heterocycles. The van der Waals surface area contributed by atoms with E-state index in [1.54, 1.807) is 32.2 Å². The van der Waals surface area contributed by atoms with Crippen LogP contribution in [0.5, 0.6) is 5.75 Å². The van der Waals surface area contributed by atoms with Crippen molar-refractivity contribution in [2.24, 2.45) is 0 Å². The first-order valence-corrected chi connectivity index (χ1v) is 9.26. The smallest absolute Gasteiger partial charge is 0.325 e. The van der Waals surface area contributed by atoms with E-state index < -0.39 is 17.5 Å². The molecule has 1 aliphatic rings. The first-order valence-electron chi connectivity index (χ1n) is 9.26. The number of nitrogens with zero attached hydrogens (tertiary/aromatic N) is 1. The number of ketones is 1. The van der Waals surface area contributed by atoms with E-state index in [9.17, 15) is 14.4 Å². The Bertz CT molecular complexity index is 907. The molecule has 0 unspecified atom stereocenters. The van der Waals surface area contributed by atoms with Crippen LogP contribution < -0.4 is 10.1 Å². The van der Waals surface area contributed by atoms with Gasteiger partial charge in [0.2, 0.25) is 0 Å². The Morgan fingerprint density at radius 3 is 2.43 bits per heavy atom. The summed E-state index contributed by atoms with van der Waals surface area (Å²) in [4.78, 5) is 38.9. The maximum Gasteiger partial charge on any atom is 0.325 e. The molecular formula is C22H24N2O4. The van der Waals surface area contributed by atoms with Gasteiger partial charge in [-0.2, -0.15) is 0 Å². The van der Waals surface area contributed by atoms with Gasteiger partial charge >= 0.3 is 6.03 Å². The molecule has 1 heterocycles. The van der Waals surface area contributed by atoms with Crippen LogP contribution in [0.3, 0.4) is 0 Å². The van der Waals surface area contributed by atoms with Gasteiger partial charge in [0.15, 0.2) is 5.78 Å². The molecule has 0 saturated carbocycles. The van der Waals surface area contributed by atoms with Crippen LogP contribution in [0.2, 0.25) is 0 Å². The fraction of sp³-hybridized carbons (Fsp3) is 0.318. The van der Waals surface area contributed by atoms with Crippen molar-refractivity contribution in [1.29, 1.82) is 0 Å². The Hall–Kier alpha value is -3.15. The van der Waals surface area contributed by atoms with E-state index >= 15 is 0 Å². The lowest BCUT2D eigenvalue weighted by atomic mass is 9.92. The summed E-state index contributed by atoms with van der Waals surface area (Å²) in [6, 6.07) is 14.0. The highest BCUT2D eigenvalue weighted by atomic mass is 16.5. The zero-order chi connectivity index (χ0) is 20.3. The lowest BCUT2D eigenvalue weighted by molar-refractivity contribution is -0.130. The van der Waals surface area contributed by atoms with E-state index in [2.05, 4.69) is 5.32 Å². The lowest BCUT2D eigenvalue weighted by Crippen LogP contribution is -2.46. The number of aryl methyl sites for hydroxylation is 1. The van der Waals surface area contributed by atoms with E-state index in [0.29, 0.717) is 11.3 Å². The highest BCUT2D eigenvalue weighted by molar-refractivity contribution is 6.11. The normalized spacial score (nSPS) is 18.9. The molecule has 3 amide bonds. The summed E-state index contributed by atoms with van der Waals surface area (Å²) in [5, 5.41) is 2.73. The van der Waals surface area contributed by atoms with Gasteiger partial charge in [-0.3, -0.25) is 14.5 Å². The number of amides is 3. The number of hydrogen-bond donors (Lipinski definition) is 1. The van der Waals surface area contributed by atoms with Crippen molar-refractivity contribution in [2.45, 2.75) is 32.2 Å². The molecule has 0 radical (unpaired) electrons. The highest BCUT2D eigenvalue weighted by Crippen LogP contribution is 2.27. The minimum absolute atomic E-state index is 0.271. The van der Waals surface area contributed by atoms with E-state index in [1.165, 1.54) is 0 Å². The fourth-order valence-electron chi connectivity index (χ4n) is 3.40. The average molecular weight is 380 g/mol. The summed E-state index contributed by atoms with van der Waals surface area (Å²) in [5.74, 6) is -0.0362. The van der Waals surface area contributed by atoms with Crippen molar-refractivity contribution < 1.29 is 19.1 Å². The number of rotatable bonds is 7. The predicted octanol–water partition coefficient (Wildman–Crippen LogP) is 2.99. The second kappa shape index (κ2) is 7.84. The van der Waals surface area contributed by atoms with E-state index in [1.807, 2.05) is 37.3 Å². The van der Waals surface area contributed by atoms with Crippen LogP contribution in [0.4, 0.5) is 4.79 Å². The van der Waals surface area contributed by atoms with Crippen molar-refractivity contribution >= 4 is 17.7 Å². The minimum Gasteiger partial charge on any atom is -0.496 e. The number of nitrogens with one attached hydrogen (secondary N) is 1. The van der Waals surface area contributed by atoms with Crippen LogP contribution >= 0.6 is 0 Å². The molecular weight excluding hydrogens is 356 g/mol. The van der Waals surface area contributed by atoms with E-state index in [4.69, 9.17) is 4.74 Å². The molecule has 6 heteroatoms. The molecule has 1 saturated heterocycles. The second-order valence-electron chi connectivity index (χ2n) is 7.12. The van der Waals surface area contributed by atoms with Crippen molar-refractivity contribution in [2.75, 3.05) is 13.7 Å². The van der Waals surface area contributed by atoms with Crippen LogP contribution in [0.15, 0.2) is 48.5 Å². The number of hydrogen-bond acceptors (Lipinski definition) is 4. The van der Waals surface area contributed by atoms with Crippen molar-refractivity contribution in [1.82, 2.24) is 10.2 Å². The number of carbonyl (C=O) groups is 3. The number of imide groups is 1. The summed E-state index contributed by atoms with van der Waals surface area (Å²) >= 11 is 0. The molecule has 1 atom stereocenters. The number of benzene rings is 2. The van der Waals surface area contributed by atoms with Crippen molar-refractivity contribution in [3.63, 3.8) is 0 Å². The van der Waals surface area contributed by atoms with Gasteiger partial charge in [0.1, 0.15) is 11.3 Å². The largest absolute Gasteiger partial charge is 0.496 e. The molecule has 28 heavy (non-hydrogen) atoms. The molecule has 146 valence electrons. The Kier molecular flexibility index (Phi) is 5.49. The van der Waals surface area contributed by atoms with Gasteiger partial charge in [-0.25, -0.2) is 4.79 Å². The molecule has 0 bridgehead atoms. The van der Waals surface area contributed by atoms with Gasteiger partial charge in [-0.15, -0.1) is 0 Å². The zero-order valence-electron chi connectivity index (χ0n) is 16.3. The summed E-state index contributed by atoms with van der Waals surface area (Å²) in [5.41, 5.74) is 1.29. The topological polar surface area (TPSA) is 75.7 Å². The number of Topliss-reactive ketones (excluding diaryl/α,β-unsaturated/α-hetero) is 1. The summed E-state index contributed by atoms with van der Waals surface area (Å²) in [6.45, 7) is 3.42. The zero-order valence-corrected chi connectivity index (χ0v) is 16.3. The highest BCUT2D eigenvalue weighted by Gasteiger charge is 2.48. The molecule has 2 aromatic rings. The average Bonchev–Trinajstić information content (AvgIpc) is 2.91. The fourth-order valence-corrected chi connectivity index (χ4v) is 3.40. The third-order valence-corrected chi connectivity index (χ3v) is 5.07. The summed E-state index contributed by atoms with van der Waals surface area (Å²) in [7, 11) is 1.56. The number of carbonyl (C=O) groups excluding carboxylic acids is 3. The van der Waals surface area contributed by atoms with Gasteiger partial charge in [0.25, 0.3) is 5.91 Å². The SMILES string of the molecule is CCc1ccc(C(=O)CN2C(=O)N[C@](C)(Cc3ccccc3OC)C2=O)cc1. The Balaban J connectivity index is 1.76. The number of ether oxygens (including phenoxy) is 1. The maximum absolute atomic E-state index is 13.0. The number of urea groups is 1. The third kappa shape index (κ3) is 3.76. The lowest BCUT2D eigenvalue weighted by Gasteiger charge is -2.22. The Morgan fingerprint density at radius 2 is 1.79 bits per heavy atom. The van der Waals surface area contributed by atoms with Crippen LogP contribution in [0.25, 0.3) is 0 Å². The van der Waals surface area contributed by atoms with Crippen LogP contribution in [0, 0.1) is 0 Å². The number of methoxy groups -OCH3 is 1. The van der Waals surface area contributed by atoms with Crippen LogP contribution in [-0.4, -0.2) is 41.8 Å². The molecule has 6 nitrogen and oxygen atoms in total. The second-order valence-corrected chi connectivity index (χ2v) is 7.12. The standard InChI is InChI=1S/C22H24N2O4/c1-4-15-9-11-16(12-10-15)18(25)14-24-20(26)22(2,23-21(24)27)13-17-7-5-6-8-19(17)28-3/h5-12H,4,13-14H2,1-3H3,(H,23,27)/t22-/m1/s1. The van der Waals surface area contributed by atoms with Gasteiger partial charge in [0, 0.05) is 12.0 Å². The Labute approximate surface area is 164 Å². The number of para-hydroxylation sites is 1. The summed E-state index contributed by atoms with van der Waals surface area (Å²) < 4.78 is 5.34. The van der Waals surface area contributed by atoms with Gasteiger partial charge in [0.05, 0.1) is 13.7 Å². The molecule has 3 rings (SSSR count). The first-order chi connectivity index (χ1) is 13.4. The molecule has 2 aromatic carbocycles. The molecule has 0 spiro atoms. The van der Waals surface area contributed by atoms with Crippen LogP contribution in [-0.2, 0) is 17.6 Å². The quantitative estimate of drug-likeness (QED) is 0.592. The van der Waals surface area contributed by atoms with Crippen molar-refractivity contribution in [3.05, 3.63) is 65.2 Å². The molecule has 0 aliphatic carbocycles.